The van der Waals surface area contributed by atoms with Gasteiger partial charge in [0, 0.05) is 12.1 Å². The van der Waals surface area contributed by atoms with E-state index in [1.807, 2.05) is 13.0 Å². The SMILES string of the molecule is Cc1ccc(Oc2cccc(F)c2CN)c(Cl)c1. The minimum atomic E-state index is -0.377. The second-order valence-corrected chi connectivity index (χ2v) is 4.36. The van der Waals surface area contributed by atoms with Crippen molar-refractivity contribution in [2.75, 3.05) is 0 Å². The number of nitrogens with two attached hydrogens (primary N) is 1. The van der Waals surface area contributed by atoms with Crippen LogP contribution in [-0.4, -0.2) is 0 Å². The molecule has 0 unspecified atom stereocenters. The molecule has 2 N–H and O–H groups in total. The zero-order valence-corrected chi connectivity index (χ0v) is 10.7. The Kier molecular flexibility index (Phi) is 3.84. The molecule has 94 valence electrons. The predicted octanol–water partition coefficient (Wildman–Crippen LogP) is 4.04. The highest BCUT2D eigenvalue weighted by atomic mass is 35.5. The Balaban J connectivity index is 2.37. The van der Waals surface area contributed by atoms with Crippen LogP contribution >= 0.6 is 11.6 Å². The molecule has 0 amide bonds. The van der Waals surface area contributed by atoms with Crippen LogP contribution < -0.4 is 10.5 Å². The van der Waals surface area contributed by atoms with Gasteiger partial charge < -0.3 is 10.5 Å². The summed E-state index contributed by atoms with van der Waals surface area (Å²) < 4.78 is 19.1. The van der Waals surface area contributed by atoms with Crippen molar-refractivity contribution in [2.24, 2.45) is 5.73 Å². The number of halogens is 2. The molecule has 4 heteroatoms. The molecule has 0 fully saturated rings. The topological polar surface area (TPSA) is 35.2 Å². The standard InChI is InChI=1S/C14H13ClFNO/c1-9-5-6-14(11(15)7-9)18-13-4-2-3-12(16)10(13)8-17/h2-7H,8,17H2,1H3. The number of hydrogen-bond donors (Lipinski definition) is 1. The van der Waals surface area contributed by atoms with Gasteiger partial charge in [0.05, 0.1) is 5.02 Å². The summed E-state index contributed by atoms with van der Waals surface area (Å²) in [5.74, 6) is 0.504. The minimum absolute atomic E-state index is 0.0749. The molecule has 0 saturated heterocycles. The molecule has 0 spiro atoms. The summed E-state index contributed by atoms with van der Waals surface area (Å²) in [4.78, 5) is 0. The predicted molar refractivity (Wildman–Crippen MR) is 70.6 cm³/mol. The van der Waals surface area contributed by atoms with Crippen LogP contribution in [0.4, 0.5) is 4.39 Å². The Morgan fingerprint density at radius 3 is 2.67 bits per heavy atom. The first kappa shape index (κ1) is 12.9. The van der Waals surface area contributed by atoms with Gasteiger partial charge in [-0.25, -0.2) is 4.39 Å². The van der Waals surface area contributed by atoms with Gasteiger partial charge in [0.1, 0.15) is 17.3 Å². The van der Waals surface area contributed by atoms with Crippen molar-refractivity contribution in [1.29, 1.82) is 0 Å². The maximum atomic E-state index is 13.5. The fourth-order valence-electron chi connectivity index (χ4n) is 1.64. The number of hydrogen-bond acceptors (Lipinski definition) is 2. The Morgan fingerprint density at radius 1 is 1.22 bits per heavy atom. The zero-order valence-electron chi connectivity index (χ0n) is 9.91. The van der Waals surface area contributed by atoms with Crippen LogP contribution in [0.15, 0.2) is 36.4 Å². The van der Waals surface area contributed by atoms with Gasteiger partial charge in [-0.1, -0.05) is 23.7 Å². The molecule has 2 nitrogen and oxygen atoms in total. The number of rotatable bonds is 3. The van der Waals surface area contributed by atoms with E-state index < -0.39 is 0 Å². The van der Waals surface area contributed by atoms with Gasteiger partial charge in [0.15, 0.2) is 0 Å². The summed E-state index contributed by atoms with van der Waals surface area (Å²) in [6.07, 6.45) is 0. The number of ether oxygens (including phenoxy) is 1. The molecule has 0 aliphatic carbocycles. The molecule has 0 radical (unpaired) electrons. The highest BCUT2D eigenvalue weighted by molar-refractivity contribution is 6.32. The van der Waals surface area contributed by atoms with E-state index in [1.54, 1.807) is 24.3 Å². The highest BCUT2D eigenvalue weighted by Crippen LogP contribution is 2.32. The van der Waals surface area contributed by atoms with Crippen LogP contribution in [0, 0.1) is 12.7 Å². The first-order valence-electron chi connectivity index (χ1n) is 5.53. The average molecular weight is 266 g/mol. The summed E-state index contributed by atoms with van der Waals surface area (Å²) in [6.45, 7) is 2.01. The highest BCUT2D eigenvalue weighted by Gasteiger charge is 2.10. The van der Waals surface area contributed by atoms with Crippen molar-refractivity contribution in [1.82, 2.24) is 0 Å². The largest absolute Gasteiger partial charge is 0.455 e. The van der Waals surface area contributed by atoms with Crippen LogP contribution in [-0.2, 0) is 6.54 Å². The lowest BCUT2D eigenvalue weighted by Crippen LogP contribution is -2.02. The molecule has 0 saturated carbocycles. The molecule has 0 aliphatic rings. The molecule has 0 aromatic heterocycles. The summed E-state index contributed by atoms with van der Waals surface area (Å²) in [5, 5.41) is 0.488. The van der Waals surface area contributed by atoms with Crippen LogP contribution in [0.1, 0.15) is 11.1 Å². The molecule has 0 atom stereocenters. The van der Waals surface area contributed by atoms with Crippen LogP contribution in [0.3, 0.4) is 0 Å². The zero-order chi connectivity index (χ0) is 13.1. The molecular formula is C14H13ClFNO. The normalized spacial score (nSPS) is 10.4. The fraction of sp³-hybridized carbons (Fsp3) is 0.143. The minimum Gasteiger partial charge on any atom is -0.455 e. The van der Waals surface area contributed by atoms with Crippen molar-refractivity contribution in [3.05, 3.63) is 58.4 Å². The van der Waals surface area contributed by atoms with E-state index in [2.05, 4.69) is 0 Å². The van der Waals surface area contributed by atoms with Gasteiger partial charge in [0.25, 0.3) is 0 Å². The fourth-order valence-corrected chi connectivity index (χ4v) is 1.91. The number of benzene rings is 2. The van der Waals surface area contributed by atoms with Crippen molar-refractivity contribution < 1.29 is 9.13 Å². The van der Waals surface area contributed by atoms with Gasteiger partial charge in [-0.3, -0.25) is 0 Å². The summed E-state index contributed by atoms with van der Waals surface area (Å²) >= 11 is 6.06. The maximum absolute atomic E-state index is 13.5. The van der Waals surface area contributed by atoms with Crippen molar-refractivity contribution in [3.8, 4) is 11.5 Å². The van der Waals surface area contributed by atoms with Gasteiger partial charge >= 0.3 is 0 Å². The van der Waals surface area contributed by atoms with E-state index in [1.165, 1.54) is 6.07 Å². The third-order valence-electron chi connectivity index (χ3n) is 2.59. The van der Waals surface area contributed by atoms with Gasteiger partial charge in [0.2, 0.25) is 0 Å². The lowest BCUT2D eigenvalue weighted by atomic mass is 10.2. The maximum Gasteiger partial charge on any atom is 0.146 e. The quantitative estimate of drug-likeness (QED) is 0.909. The van der Waals surface area contributed by atoms with E-state index in [0.29, 0.717) is 22.1 Å². The number of aryl methyl sites for hydroxylation is 1. The van der Waals surface area contributed by atoms with Crippen molar-refractivity contribution in [3.63, 3.8) is 0 Å². The van der Waals surface area contributed by atoms with Crippen LogP contribution in [0.5, 0.6) is 11.5 Å². The Morgan fingerprint density at radius 2 is 2.00 bits per heavy atom. The Hall–Kier alpha value is -1.58. The lowest BCUT2D eigenvalue weighted by Gasteiger charge is -2.12. The van der Waals surface area contributed by atoms with E-state index in [0.717, 1.165) is 5.56 Å². The second kappa shape index (κ2) is 5.38. The summed E-state index contributed by atoms with van der Waals surface area (Å²) in [6, 6.07) is 10.0. The molecule has 2 aromatic carbocycles. The molecular weight excluding hydrogens is 253 g/mol. The average Bonchev–Trinajstić information content (AvgIpc) is 2.33. The first-order chi connectivity index (χ1) is 8.61. The first-order valence-corrected chi connectivity index (χ1v) is 5.91. The monoisotopic (exact) mass is 265 g/mol. The molecule has 0 heterocycles. The van der Waals surface area contributed by atoms with E-state index in [4.69, 9.17) is 22.1 Å². The molecule has 0 aliphatic heterocycles. The van der Waals surface area contributed by atoms with Gasteiger partial charge in [-0.15, -0.1) is 0 Å². The van der Waals surface area contributed by atoms with Gasteiger partial charge in [-0.2, -0.15) is 0 Å². The molecule has 0 bridgehead atoms. The lowest BCUT2D eigenvalue weighted by molar-refractivity contribution is 0.467. The summed E-state index contributed by atoms with van der Waals surface area (Å²) in [5.41, 5.74) is 6.89. The Labute approximate surface area is 110 Å². The molecule has 2 aromatic rings. The van der Waals surface area contributed by atoms with E-state index in [9.17, 15) is 4.39 Å². The second-order valence-electron chi connectivity index (χ2n) is 3.96. The van der Waals surface area contributed by atoms with E-state index >= 15 is 0 Å². The van der Waals surface area contributed by atoms with Gasteiger partial charge in [-0.05, 0) is 36.8 Å². The van der Waals surface area contributed by atoms with E-state index in [-0.39, 0.29) is 12.4 Å². The smallest absolute Gasteiger partial charge is 0.146 e. The third-order valence-corrected chi connectivity index (χ3v) is 2.88. The molecule has 2 rings (SSSR count). The van der Waals surface area contributed by atoms with Crippen LogP contribution in [0.25, 0.3) is 0 Å². The van der Waals surface area contributed by atoms with Crippen LogP contribution in [0.2, 0.25) is 5.02 Å². The summed E-state index contributed by atoms with van der Waals surface area (Å²) in [7, 11) is 0. The van der Waals surface area contributed by atoms with Crippen molar-refractivity contribution >= 4 is 11.6 Å². The third kappa shape index (κ3) is 2.63. The Bertz CT molecular complexity index is 572. The van der Waals surface area contributed by atoms with Crippen molar-refractivity contribution in [2.45, 2.75) is 13.5 Å². The molecule has 18 heavy (non-hydrogen) atoms.